The number of nitrogens with one attached hydrogen (secondary N) is 1. The molecule has 0 aliphatic carbocycles. The van der Waals surface area contributed by atoms with Crippen molar-refractivity contribution in [1.29, 1.82) is 0 Å². The molecule has 0 spiro atoms. The van der Waals surface area contributed by atoms with Crippen LogP contribution in [0, 0.1) is 0 Å². The van der Waals surface area contributed by atoms with Gasteiger partial charge in [-0.05, 0) is 11.6 Å². The van der Waals surface area contributed by atoms with E-state index in [9.17, 15) is 9.59 Å². The van der Waals surface area contributed by atoms with Gasteiger partial charge in [0.2, 0.25) is 5.91 Å². The summed E-state index contributed by atoms with van der Waals surface area (Å²) in [6, 6.07) is 11.5. The minimum Gasteiger partial charge on any atom is -0.350 e. The Morgan fingerprint density at radius 2 is 1.90 bits per heavy atom. The number of hydrogen-bond donors (Lipinski definition) is 1. The van der Waals surface area contributed by atoms with Gasteiger partial charge in [-0.25, -0.2) is 0 Å². The van der Waals surface area contributed by atoms with E-state index in [1.165, 1.54) is 0 Å². The fraction of sp³-hybridized carbons (Fsp3) is 0.250. The molecule has 0 bridgehead atoms. The van der Waals surface area contributed by atoms with Gasteiger partial charge in [-0.2, -0.15) is 0 Å². The lowest BCUT2D eigenvalue weighted by Crippen LogP contribution is -2.26. The highest BCUT2D eigenvalue weighted by atomic mass is 16.2. The van der Waals surface area contributed by atoms with Crippen molar-refractivity contribution in [3.63, 3.8) is 0 Å². The predicted octanol–water partition coefficient (Wildman–Crippen LogP) is 2.40. The van der Waals surface area contributed by atoms with Crippen molar-refractivity contribution in [3.05, 3.63) is 59.9 Å². The standard InChI is InChI=1S/C16H18N2O2/c1-2-15(19)14-8-9-18(11-14)12-16(20)17-10-13-6-4-3-5-7-13/h3-9,11H,2,10,12H2,1H3,(H,17,20). The van der Waals surface area contributed by atoms with Crippen LogP contribution in [-0.2, 0) is 17.9 Å². The first-order valence-corrected chi connectivity index (χ1v) is 6.68. The van der Waals surface area contributed by atoms with Crippen molar-refractivity contribution in [2.24, 2.45) is 0 Å². The van der Waals surface area contributed by atoms with E-state index in [1.54, 1.807) is 23.0 Å². The van der Waals surface area contributed by atoms with E-state index in [1.807, 2.05) is 37.3 Å². The van der Waals surface area contributed by atoms with Gasteiger partial charge in [-0.3, -0.25) is 9.59 Å². The molecule has 1 aromatic carbocycles. The molecule has 0 aliphatic heterocycles. The second-order valence-electron chi connectivity index (χ2n) is 4.61. The summed E-state index contributed by atoms with van der Waals surface area (Å²) in [6.45, 7) is 2.57. The summed E-state index contributed by atoms with van der Waals surface area (Å²) in [7, 11) is 0. The Balaban J connectivity index is 1.85. The number of hydrogen-bond acceptors (Lipinski definition) is 2. The maximum atomic E-state index is 11.8. The van der Waals surface area contributed by atoms with Gasteiger partial charge in [0.15, 0.2) is 5.78 Å². The van der Waals surface area contributed by atoms with Crippen LogP contribution in [0.2, 0.25) is 0 Å². The number of benzene rings is 1. The number of Topliss-reactive ketones (excluding diaryl/α,β-unsaturated/α-hetero) is 1. The zero-order valence-electron chi connectivity index (χ0n) is 11.5. The molecule has 104 valence electrons. The second-order valence-corrected chi connectivity index (χ2v) is 4.61. The summed E-state index contributed by atoms with van der Waals surface area (Å²) in [5.74, 6) is 0.0217. The highest BCUT2D eigenvalue weighted by Crippen LogP contribution is 2.05. The van der Waals surface area contributed by atoms with Gasteiger partial charge in [-0.1, -0.05) is 37.3 Å². The monoisotopic (exact) mass is 270 g/mol. The maximum Gasteiger partial charge on any atom is 0.240 e. The summed E-state index contributed by atoms with van der Waals surface area (Å²) in [5.41, 5.74) is 1.72. The van der Waals surface area contributed by atoms with E-state index in [-0.39, 0.29) is 18.2 Å². The Hall–Kier alpha value is -2.36. The number of rotatable bonds is 6. The first-order valence-electron chi connectivity index (χ1n) is 6.68. The van der Waals surface area contributed by atoms with E-state index in [0.29, 0.717) is 18.5 Å². The first-order chi connectivity index (χ1) is 9.69. The van der Waals surface area contributed by atoms with Gasteiger partial charge >= 0.3 is 0 Å². The van der Waals surface area contributed by atoms with Gasteiger partial charge in [0, 0.05) is 30.9 Å². The zero-order chi connectivity index (χ0) is 14.4. The van der Waals surface area contributed by atoms with E-state index in [4.69, 9.17) is 0 Å². The number of aromatic nitrogens is 1. The molecule has 0 saturated carbocycles. The molecule has 4 nitrogen and oxygen atoms in total. The number of carbonyl (C=O) groups excluding carboxylic acids is 2. The van der Waals surface area contributed by atoms with Crippen LogP contribution < -0.4 is 5.32 Å². The van der Waals surface area contributed by atoms with Crippen molar-refractivity contribution in [2.45, 2.75) is 26.4 Å². The van der Waals surface area contributed by atoms with Crippen LogP contribution in [0.1, 0.15) is 29.3 Å². The summed E-state index contributed by atoms with van der Waals surface area (Å²) >= 11 is 0. The fourth-order valence-electron chi connectivity index (χ4n) is 1.93. The molecule has 1 aromatic heterocycles. The van der Waals surface area contributed by atoms with Gasteiger partial charge < -0.3 is 9.88 Å². The molecule has 2 rings (SSSR count). The molecule has 0 saturated heterocycles. The third-order valence-corrected chi connectivity index (χ3v) is 3.05. The molecule has 0 atom stereocenters. The molecule has 1 amide bonds. The SMILES string of the molecule is CCC(=O)c1ccn(CC(=O)NCc2ccccc2)c1. The normalized spacial score (nSPS) is 10.2. The summed E-state index contributed by atoms with van der Waals surface area (Å²) in [6.07, 6.45) is 3.95. The molecule has 0 radical (unpaired) electrons. The third-order valence-electron chi connectivity index (χ3n) is 3.05. The van der Waals surface area contributed by atoms with Crippen LogP contribution in [0.3, 0.4) is 0 Å². The minimum atomic E-state index is -0.0695. The van der Waals surface area contributed by atoms with Gasteiger partial charge in [0.25, 0.3) is 0 Å². The Bertz CT molecular complexity index is 588. The van der Waals surface area contributed by atoms with Crippen LogP contribution in [0.15, 0.2) is 48.8 Å². The van der Waals surface area contributed by atoms with E-state index in [2.05, 4.69) is 5.32 Å². The van der Waals surface area contributed by atoms with Gasteiger partial charge in [0.05, 0.1) is 0 Å². The minimum absolute atomic E-state index is 0.0695. The zero-order valence-corrected chi connectivity index (χ0v) is 11.5. The molecule has 0 aliphatic rings. The average Bonchev–Trinajstić information content (AvgIpc) is 2.94. The highest BCUT2D eigenvalue weighted by molar-refractivity contribution is 5.95. The second kappa shape index (κ2) is 6.70. The molecule has 0 fully saturated rings. The lowest BCUT2D eigenvalue weighted by molar-refractivity contribution is -0.121. The number of carbonyl (C=O) groups is 2. The molecule has 1 N–H and O–H groups in total. The molecule has 20 heavy (non-hydrogen) atoms. The van der Waals surface area contributed by atoms with Crippen LogP contribution >= 0.6 is 0 Å². The van der Waals surface area contributed by atoms with Gasteiger partial charge in [-0.15, -0.1) is 0 Å². The lowest BCUT2D eigenvalue weighted by atomic mass is 10.2. The highest BCUT2D eigenvalue weighted by Gasteiger charge is 2.07. The number of amides is 1. The van der Waals surface area contributed by atoms with Crippen molar-refractivity contribution in [2.75, 3.05) is 0 Å². The predicted molar refractivity (Wildman–Crippen MR) is 77.3 cm³/mol. The van der Waals surface area contributed by atoms with E-state index in [0.717, 1.165) is 5.56 Å². The first kappa shape index (κ1) is 14.1. The molecule has 4 heteroatoms. The molecule has 1 heterocycles. The molecular weight excluding hydrogens is 252 g/mol. The van der Waals surface area contributed by atoms with Crippen LogP contribution in [0.5, 0.6) is 0 Å². The number of ketones is 1. The summed E-state index contributed by atoms with van der Waals surface area (Å²) in [5, 5.41) is 2.86. The number of nitrogens with zero attached hydrogens (tertiary/aromatic N) is 1. The molecule has 0 unspecified atom stereocenters. The quantitative estimate of drug-likeness (QED) is 0.819. The summed E-state index contributed by atoms with van der Waals surface area (Å²) in [4.78, 5) is 23.3. The third kappa shape index (κ3) is 3.82. The Kier molecular flexibility index (Phi) is 4.71. The smallest absolute Gasteiger partial charge is 0.240 e. The van der Waals surface area contributed by atoms with Crippen molar-refractivity contribution in [1.82, 2.24) is 9.88 Å². The van der Waals surface area contributed by atoms with Crippen LogP contribution in [0.25, 0.3) is 0 Å². The Labute approximate surface area is 118 Å². The van der Waals surface area contributed by atoms with Crippen molar-refractivity contribution >= 4 is 11.7 Å². The van der Waals surface area contributed by atoms with Gasteiger partial charge in [0.1, 0.15) is 6.54 Å². The Morgan fingerprint density at radius 1 is 1.15 bits per heavy atom. The Morgan fingerprint density at radius 3 is 2.60 bits per heavy atom. The summed E-state index contributed by atoms with van der Waals surface area (Å²) < 4.78 is 1.73. The van der Waals surface area contributed by atoms with Crippen LogP contribution in [0.4, 0.5) is 0 Å². The largest absolute Gasteiger partial charge is 0.350 e. The van der Waals surface area contributed by atoms with E-state index >= 15 is 0 Å². The molecular formula is C16H18N2O2. The van der Waals surface area contributed by atoms with Crippen molar-refractivity contribution in [3.8, 4) is 0 Å². The van der Waals surface area contributed by atoms with Crippen molar-refractivity contribution < 1.29 is 9.59 Å². The maximum absolute atomic E-state index is 11.8. The molecule has 2 aromatic rings. The van der Waals surface area contributed by atoms with Crippen LogP contribution in [-0.4, -0.2) is 16.3 Å². The lowest BCUT2D eigenvalue weighted by Gasteiger charge is -2.06. The average molecular weight is 270 g/mol. The topological polar surface area (TPSA) is 51.1 Å². The van der Waals surface area contributed by atoms with E-state index < -0.39 is 0 Å². The fourth-order valence-corrected chi connectivity index (χ4v) is 1.93.